The lowest BCUT2D eigenvalue weighted by Gasteiger charge is -2.05. The van der Waals surface area contributed by atoms with Crippen molar-refractivity contribution in [3.63, 3.8) is 0 Å². The van der Waals surface area contributed by atoms with Crippen molar-refractivity contribution in [2.45, 2.75) is 6.54 Å². The van der Waals surface area contributed by atoms with Gasteiger partial charge in [0.1, 0.15) is 5.52 Å². The summed E-state index contributed by atoms with van der Waals surface area (Å²) in [4.78, 5) is 9.62. The van der Waals surface area contributed by atoms with Crippen molar-refractivity contribution < 1.29 is 4.74 Å². The van der Waals surface area contributed by atoms with E-state index in [1.54, 1.807) is 7.11 Å². The Morgan fingerprint density at radius 3 is 2.48 bits per heavy atom. The zero-order valence-electron chi connectivity index (χ0n) is 11.8. The number of methoxy groups -OCH3 is 1. The Kier molecular flexibility index (Phi) is 2.82. The van der Waals surface area contributed by atoms with E-state index in [9.17, 15) is 0 Å². The van der Waals surface area contributed by atoms with Gasteiger partial charge in [-0.25, -0.2) is 9.97 Å². The van der Waals surface area contributed by atoms with Gasteiger partial charge in [-0.15, -0.1) is 0 Å². The van der Waals surface area contributed by atoms with Gasteiger partial charge in [0.25, 0.3) is 0 Å². The molecule has 0 saturated carbocycles. The van der Waals surface area contributed by atoms with Crippen LogP contribution in [0.5, 0.6) is 0 Å². The molecule has 2 aromatic heterocycles. The predicted octanol–water partition coefficient (Wildman–Crippen LogP) is 3.38. The summed E-state index contributed by atoms with van der Waals surface area (Å²) in [6, 6.07) is 16.3. The molecule has 0 atom stereocenters. The quantitative estimate of drug-likeness (QED) is 0.576. The summed E-state index contributed by atoms with van der Waals surface area (Å²) >= 11 is 0. The third-order valence-corrected chi connectivity index (χ3v) is 3.78. The highest BCUT2D eigenvalue weighted by molar-refractivity contribution is 6.06. The fraction of sp³-hybridized carbons (Fsp3) is 0.176. The first-order valence-corrected chi connectivity index (χ1v) is 7.01. The number of hydrogen-bond donors (Lipinski definition) is 0. The monoisotopic (exact) mass is 277 g/mol. The highest BCUT2D eigenvalue weighted by atomic mass is 16.5. The van der Waals surface area contributed by atoms with Crippen LogP contribution in [0, 0.1) is 0 Å². The summed E-state index contributed by atoms with van der Waals surface area (Å²) in [5.41, 5.74) is 4.89. The maximum absolute atomic E-state index is 5.23. The van der Waals surface area contributed by atoms with Crippen LogP contribution in [-0.4, -0.2) is 28.3 Å². The summed E-state index contributed by atoms with van der Waals surface area (Å²) < 4.78 is 7.42. The first-order valence-electron chi connectivity index (χ1n) is 7.01. The molecule has 21 heavy (non-hydrogen) atoms. The van der Waals surface area contributed by atoms with Crippen LogP contribution in [0.2, 0.25) is 0 Å². The molecule has 0 radical (unpaired) electrons. The molecule has 104 valence electrons. The number of ether oxygens (including phenoxy) is 1. The molecule has 0 aliphatic rings. The van der Waals surface area contributed by atoms with Crippen LogP contribution in [-0.2, 0) is 11.3 Å². The molecule has 4 rings (SSSR count). The van der Waals surface area contributed by atoms with Crippen molar-refractivity contribution in [3.8, 4) is 0 Å². The Balaban J connectivity index is 2.13. The molecule has 0 fully saturated rings. The Morgan fingerprint density at radius 1 is 0.952 bits per heavy atom. The topological polar surface area (TPSA) is 39.9 Å². The minimum Gasteiger partial charge on any atom is -0.383 e. The largest absolute Gasteiger partial charge is 0.383 e. The first kappa shape index (κ1) is 12.3. The number of nitrogens with zero attached hydrogens (tertiary/aromatic N) is 3. The van der Waals surface area contributed by atoms with Gasteiger partial charge in [-0.3, -0.25) is 0 Å². The molecular weight excluding hydrogens is 262 g/mol. The van der Waals surface area contributed by atoms with Crippen LogP contribution in [0.15, 0.2) is 48.5 Å². The van der Waals surface area contributed by atoms with E-state index < -0.39 is 0 Å². The molecule has 0 spiro atoms. The lowest BCUT2D eigenvalue weighted by molar-refractivity contribution is 0.189. The molecule has 4 heteroatoms. The van der Waals surface area contributed by atoms with Crippen molar-refractivity contribution in [2.24, 2.45) is 0 Å². The SMILES string of the molecule is COCCn1c2ccccc2c2nc3ccccc3nc21. The average Bonchev–Trinajstić information content (AvgIpc) is 2.84. The first-order chi connectivity index (χ1) is 10.4. The second-order valence-corrected chi connectivity index (χ2v) is 5.05. The van der Waals surface area contributed by atoms with E-state index in [2.05, 4.69) is 16.7 Å². The van der Waals surface area contributed by atoms with Gasteiger partial charge in [-0.1, -0.05) is 30.3 Å². The van der Waals surface area contributed by atoms with Gasteiger partial charge < -0.3 is 9.30 Å². The van der Waals surface area contributed by atoms with Crippen LogP contribution in [0.3, 0.4) is 0 Å². The normalized spacial score (nSPS) is 11.7. The van der Waals surface area contributed by atoms with E-state index in [-0.39, 0.29) is 0 Å². The minimum absolute atomic E-state index is 0.655. The highest BCUT2D eigenvalue weighted by Crippen LogP contribution is 2.27. The summed E-state index contributed by atoms with van der Waals surface area (Å²) in [5, 5.41) is 1.14. The van der Waals surface area contributed by atoms with Crippen molar-refractivity contribution in [2.75, 3.05) is 13.7 Å². The second-order valence-electron chi connectivity index (χ2n) is 5.05. The minimum atomic E-state index is 0.655. The summed E-state index contributed by atoms with van der Waals surface area (Å²) in [6.07, 6.45) is 0. The zero-order valence-corrected chi connectivity index (χ0v) is 11.8. The molecule has 0 saturated heterocycles. The number of benzene rings is 2. The lowest BCUT2D eigenvalue weighted by atomic mass is 10.2. The standard InChI is InChI=1S/C17H15N3O/c1-21-11-10-20-15-9-5-2-6-12(15)16-17(20)19-14-8-4-3-7-13(14)18-16/h2-9H,10-11H2,1H3. The predicted molar refractivity (Wildman–Crippen MR) is 84.4 cm³/mol. The van der Waals surface area contributed by atoms with Gasteiger partial charge >= 0.3 is 0 Å². The van der Waals surface area contributed by atoms with Gasteiger partial charge in [0, 0.05) is 19.0 Å². The van der Waals surface area contributed by atoms with E-state index >= 15 is 0 Å². The molecule has 0 unspecified atom stereocenters. The Bertz CT molecular complexity index is 943. The molecule has 0 aliphatic heterocycles. The maximum atomic E-state index is 5.23. The molecular formula is C17H15N3O. The lowest BCUT2D eigenvalue weighted by Crippen LogP contribution is -2.04. The number of aromatic nitrogens is 3. The number of hydrogen-bond acceptors (Lipinski definition) is 3. The smallest absolute Gasteiger partial charge is 0.160 e. The van der Waals surface area contributed by atoms with Crippen LogP contribution < -0.4 is 0 Å². The van der Waals surface area contributed by atoms with Gasteiger partial charge in [0.2, 0.25) is 0 Å². The van der Waals surface area contributed by atoms with Crippen LogP contribution in [0.4, 0.5) is 0 Å². The van der Waals surface area contributed by atoms with E-state index in [1.807, 2.05) is 36.4 Å². The third-order valence-electron chi connectivity index (χ3n) is 3.78. The van der Waals surface area contributed by atoms with Gasteiger partial charge in [0.05, 0.1) is 23.2 Å². The van der Waals surface area contributed by atoms with Crippen molar-refractivity contribution in [3.05, 3.63) is 48.5 Å². The fourth-order valence-electron chi connectivity index (χ4n) is 2.79. The highest BCUT2D eigenvalue weighted by Gasteiger charge is 2.13. The van der Waals surface area contributed by atoms with E-state index in [4.69, 9.17) is 14.7 Å². The van der Waals surface area contributed by atoms with E-state index in [0.717, 1.165) is 39.6 Å². The van der Waals surface area contributed by atoms with Crippen LogP contribution in [0.25, 0.3) is 33.1 Å². The van der Waals surface area contributed by atoms with Crippen molar-refractivity contribution in [1.82, 2.24) is 14.5 Å². The van der Waals surface area contributed by atoms with Crippen molar-refractivity contribution in [1.29, 1.82) is 0 Å². The summed E-state index contributed by atoms with van der Waals surface area (Å²) in [6.45, 7) is 1.43. The summed E-state index contributed by atoms with van der Waals surface area (Å²) in [5.74, 6) is 0. The molecule has 2 heterocycles. The molecule has 4 aromatic rings. The van der Waals surface area contributed by atoms with E-state index in [0.29, 0.717) is 6.61 Å². The van der Waals surface area contributed by atoms with Crippen LogP contribution in [0.1, 0.15) is 0 Å². The average molecular weight is 277 g/mol. The molecule has 0 aliphatic carbocycles. The molecule has 0 N–H and O–H groups in total. The number of rotatable bonds is 3. The number of para-hydroxylation sites is 3. The fourth-order valence-corrected chi connectivity index (χ4v) is 2.79. The van der Waals surface area contributed by atoms with Gasteiger partial charge in [-0.05, 0) is 18.2 Å². The Morgan fingerprint density at radius 2 is 1.67 bits per heavy atom. The van der Waals surface area contributed by atoms with Crippen molar-refractivity contribution >= 4 is 33.1 Å². The molecule has 0 amide bonds. The zero-order chi connectivity index (χ0) is 14.2. The molecule has 0 bridgehead atoms. The second kappa shape index (κ2) is 4.82. The Labute approximate surface area is 122 Å². The third kappa shape index (κ3) is 1.87. The summed E-state index contributed by atoms with van der Waals surface area (Å²) in [7, 11) is 1.72. The number of fused-ring (bicyclic) bond motifs is 4. The molecule has 4 nitrogen and oxygen atoms in total. The van der Waals surface area contributed by atoms with E-state index in [1.165, 1.54) is 0 Å². The van der Waals surface area contributed by atoms with Crippen LogP contribution >= 0.6 is 0 Å². The van der Waals surface area contributed by atoms with Gasteiger partial charge in [0.15, 0.2) is 5.65 Å². The molecule has 2 aromatic carbocycles. The Hall–Kier alpha value is -2.46. The maximum Gasteiger partial charge on any atom is 0.160 e. The van der Waals surface area contributed by atoms with Gasteiger partial charge in [-0.2, -0.15) is 0 Å².